The molecule has 2 aromatic carbocycles. The molecule has 0 saturated carbocycles. The van der Waals surface area contributed by atoms with Gasteiger partial charge in [0.05, 0.1) is 39.5 Å². The largest absolute Gasteiger partial charge is 0.507 e. The zero-order chi connectivity index (χ0) is 47.2. The van der Waals surface area contributed by atoms with Crippen LogP contribution in [0.3, 0.4) is 0 Å². The summed E-state index contributed by atoms with van der Waals surface area (Å²) in [6.45, 7) is -1.11. The third kappa shape index (κ3) is 9.86. The fraction of sp³-hybridized carbons (Fsp3) is 0.675. The van der Waals surface area contributed by atoms with Gasteiger partial charge in [-0.25, -0.2) is 0 Å². The molecular formula is C40H54O25. The van der Waals surface area contributed by atoms with Crippen molar-refractivity contribution < 1.29 is 124 Å². The summed E-state index contributed by atoms with van der Waals surface area (Å²) in [6, 6.07) is 6.59. The Hall–Kier alpha value is -3.65. The van der Waals surface area contributed by atoms with Crippen LogP contribution in [0.2, 0.25) is 0 Å². The zero-order valence-electron chi connectivity index (χ0n) is 34.6. The number of rotatable bonds is 13. The maximum absolute atomic E-state index is 13.2. The Bertz CT molecular complexity index is 1940. The third-order valence-electron chi connectivity index (χ3n) is 11.9. The zero-order valence-corrected chi connectivity index (χ0v) is 34.6. The number of phenols is 2. The molecule has 0 spiro atoms. The van der Waals surface area contributed by atoms with Gasteiger partial charge in [0.25, 0.3) is 0 Å². The van der Waals surface area contributed by atoms with Gasteiger partial charge >= 0.3 is 0 Å². The second-order valence-corrected chi connectivity index (χ2v) is 16.2. The van der Waals surface area contributed by atoms with Crippen molar-refractivity contribution in [3.05, 3.63) is 41.5 Å². The molecule has 21 atom stereocenters. The van der Waals surface area contributed by atoms with Crippen LogP contribution in [0.25, 0.3) is 0 Å². The molecule has 7 rings (SSSR count). The fourth-order valence-corrected chi connectivity index (χ4v) is 8.18. The topological polar surface area (TPSA) is 393 Å². The summed E-state index contributed by atoms with van der Waals surface area (Å²) >= 11 is 0. The van der Waals surface area contributed by atoms with Crippen LogP contribution >= 0.6 is 0 Å². The van der Waals surface area contributed by atoms with E-state index in [-0.39, 0.29) is 35.0 Å². The predicted octanol–water partition coefficient (Wildman–Crippen LogP) is -5.51. The third-order valence-corrected chi connectivity index (χ3v) is 11.9. The summed E-state index contributed by atoms with van der Waals surface area (Å²) in [4.78, 5) is 13.2. The maximum Gasteiger partial charge on any atom is 0.229 e. The van der Waals surface area contributed by atoms with Crippen molar-refractivity contribution in [2.75, 3.05) is 26.9 Å². The van der Waals surface area contributed by atoms with Crippen LogP contribution in [0.1, 0.15) is 35.4 Å². The second-order valence-electron chi connectivity index (χ2n) is 16.2. The quantitative estimate of drug-likeness (QED) is 0.0891. The summed E-state index contributed by atoms with van der Waals surface area (Å²) in [7, 11) is 1.36. The Morgan fingerprint density at radius 2 is 1.18 bits per heavy atom. The molecule has 0 radical (unpaired) electrons. The molecule has 25 heteroatoms. The first-order valence-corrected chi connectivity index (χ1v) is 20.5. The molecule has 0 aliphatic carbocycles. The lowest BCUT2D eigenvalue weighted by atomic mass is 9.95. The summed E-state index contributed by atoms with van der Waals surface area (Å²) in [6.07, 6.45) is -36.6. The molecule has 5 aliphatic rings. The van der Waals surface area contributed by atoms with Gasteiger partial charge in [-0.3, -0.25) is 4.79 Å². The van der Waals surface area contributed by atoms with E-state index in [1.165, 1.54) is 32.2 Å². The van der Waals surface area contributed by atoms with Gasteiger partial charge in [-0.15, -0.1) is 0 Å². The molecule has 65 heavy (non-hydrogen) atoms. The number of carbonyl (C=O) groups is 1. The highest BCUT2D eigenvalue weighted by molar-refractivity contribution is 6.02. The molecule has 4 saturated heterocycles. The van der Waals surface area contributed by atoms with Gasteiger partial charge in [0.2, 0.25) is 6.29 Å². The SMILES string of the molecule is COc1ccc(C2CC(=O)c3c(O)cc(O[C@@H]4OC(CO[C@@H]5O[C@H](C)[C@H](O)C(O)C5O)[C@H](O[C@@H]5OC(CO)[C@H](O[C@@H]6OC(CO)[C@@H](O)[C@@H](O)C6O)[C@@H](O)C5O)[C@@H](O)C4O)cc3O2)cc1O. The summed E-state index contributed by atoms with van der Waals surface area (Å²) in [5, 5.41) is 149. The van der Waals surface area contributed by atoms with Crippen molar-refractivity contribution in [1.82, 2.24) is 0 Å². The average Bonchev–Trinajstić information content (AvgIpc) is 3.28. The number of carbonyl (C=O) groups excluding carboxylic acids is 1. The van der Waals surface area contributed by atoms with Gasteiger partial charge in [-0.1, -0.05) is 6.07 Å². The molecule has 9 unspecified atom stereocenters. The first kappa shape index (κ1) is 49.3. The molecule has 0 bridgehead atoms. The number of Topliss-reactive ketones (excluding diaryl/α,β-unsaturated/α-hetero) is 1. The van der Waals surface area contributed by atoms with Crippen LogP contribution in [0, 0.1) is 0 Å². The smallest absolute Gasteiger partial charge is 0.229 e. The number of ketones is 1. The monoisotopic (exact) mass is 934 g/mol. The molecule has 5 heterocycles. The number of aliphatic hydroxyl groups excluding tert-OH is 12. The van der Waals surface area contributed by atoms with Crippen LogP contribution < -0.4 is 14.2 Å². The Kier molecular flexibility index (Phi) is 15.4. The van der Waals surface area contributed by atoms with Crippen molar-refractivity contribution >= 4 is 5.78 Å². The van der Waals surface area contributed by atoms with Crippen LogP contribution in [0.4, 0.5) is 0 Å². The lowest BCUT2D eigenvalue weighted by Gasteiger charge is -2.48. The first-order chi connectivity index (χ1) is 30.9. The van der Waals surface area contributed by atoms with Gasteiger partial charge in [-0.05, 0) is 24.6 Å². The van der Waals surface area contributed by atoms with E-state index in [0.717, 1.165) is 6.07 Å². The number of phenolic OH excluding ortho intramolecular Hbond substituents is 2. The molecule has 14 N–H and O–H groups in total. The summed E-state index contributed by atoms with van der Waals surface area (Å²) in [5.74, 6) is -1.57. The van der Waals surface area contributed by atoms with Crippen LogP contribution in [-0.4, -0.2) is 227 Å². The van der Waals surface area contributed by atoms with E-state index in [1.54, 1.807) is 6.07 Å². The first-order valence-electron chi connectivity index (χ1n) is 20.5. The molecule has 364 valence electrons. The Morgan fingerprint density at radius 1 is 0.615 bits per heavy atom. The number of aliphatic hydroxyl groups is 12. The van der Waals surface area contributed by atoms with E-state index in [0.29, 0.717) is 5.56 Å². The number of hydrogen-bond acceptors (Lipinski definition) is 25. The van der Waals surface area contributed by atoms with E-state index in [1.807, 2.05) is 0 Å². The standard InChI is InChI=1S/C40H54O25/c1-12-25(46)27(48)31(52)37(58-12)57-11-23-36(65-40-34(55)29(50)35(22(10-42)62-40)64-39-32(53)28(49)26(47)21(9-41)61-39)30(51)33(54)38(63-23)59-14-6-16(44)24-17(45)8-19(60-20(24)7-14)13-3-4-18(56-2)15(43)5-13/h3-7,12,19,21-23,25-44,46-55H,8-11H2,1-2H3/t12-,19?,21?,22?,23?,25+,26-,27?,28-,29+,30+,31?,32?,33?,34?,35+,36+,37-,38-,39+,40+/m1/s1. The normalized spacial score (nSPS) is 42.2. The highest BCUT2D eigenvalue weighted by Crippen LogP contribution is 2.44. The van der Waals surface area contributed by atoms with E-state index in [4.69, 9.17) is 47.4 Å². The minimum absolute atomic E-state index is 0.156. The molecular weight excluding hydrogens is 880 g/mol. The number of hydrogen-bond donors (Lipinski definition) is 14. The molecule has 25 nitrogen and oxygen atoms in total. The van der Waals surface area contributed by atoms with Gasteiger partial charge in [0, 0.05) is 12.1 Å². The summed E-state index contributed by atoms with van der Waals surface area (Å²) in [5.41, 5.74) is 0.195. The number of aromatic hydroxyl groups is 2. The molecule has 4 fully saturated rings. The minimum atomic E-state index is -2.11. The van der Waals surface area contributed by atoms with Crippen molar-refractivity contribution in [2.45, 2.75) is 142 Å². The maximum atomic E-state index is 13.2. The van der Waals surface area contributed by atoms with E-state index >= 15 is 0 Å². The lowest BCUT2D eigenvalue weighted by Crippen LogP contribution is -2.67. The van der Waals surface area contributed by atoms with E-state index in [2.05, 4.69) is 0 Å². The fourth-order valence-electron chi connectivity index (χ4n) is 8.18. The number of benzene rings is 2. The number of fused-ring (bicyclic) bond motifs is 1. The minimum Gasteiger partial charge on any atom is -0.507 e. The highest BCUT2D eigenvalue weighted by Gasteiger charge is 2.54. The Morgan fingerprint density at radius 3 is 1.82 bits per heavy atom. The van der Waals surface area contributed by atoms with Crippen LogP contribution in [0.15, 0.2) is 30.3 Å². The average molecular weight is 935 g/mol. The summed E-state index contributed by atoms with van der Waals surface area (Å²) < 4.78 is 56.7. The lowest BCUT2D eigenvalue weighted by molar-refractivity contribution is -0.379. The van der Waals surface area contributed by atoms with Crippen molar-refractivity contribution in [1.29, 1.82) is 0 Å². The van der Waals surface area contributed by atoms with Crippen LogP contribution in [-0.2, 0) is 33.2 Å². The molecule has 0 amide bonds. The second kappa shape index (κ2) is 20.3. The Balaban J connectivity index is 1.11. The molecule has 5 aliphatic heterocycles. The van der Waals surface area contributed by atoms with Gasteiger partial charge in [0.15, 0.2) is 36.2 Å². The predicted molar refractivity (Wildman–Crippen MR) is 206 cm³/mol. The van der Waals surface area contributed by atoms with Crippen LogP contribution in [0.5, 0.6) is 28.7 Å². The Labute approximate surface area is 368 Å². The number of ether oxygens (including phenoxy) is 10. The van der Waals surface area contributed by atoms with Gasteiger partial charge in [0.1, 0.15) is 120 Å². The van der Waals surface area contributed by atoms with Crippen molar-refractivity contribution in [3.63, 3.8) is 0 Å². The highest BCUT2D eigenvalue weighted by atomic mass is 16.8. The van der Waals surface area contributed by atoms with Gasteiger partial charge < -0.3 is 119 Å². The van der Waals surface area contributed by atoms with E-state index < -0.39 is 160 Å². The molecule has 2 aromatic rings. The molecule has 0 aromatic heterocycles. The van der Waals surface area contributed by atoms with Crippen molar-refractivity contribution in [2.24, 2.45) is 0 Å². The van der Waals surface area contributed by atoms with E-state index in [9.17, 15) is 76.3 Å². The number of methoxy groups -OCH3 is 1. The van der Waals surface area contributed by atoms with Crippen molar-refractivity contribution in [3.8, 4) is 28.7 Å². The van der Waals surface area contributed by atoms with Gasteiger partial charge in [-0.2, -0.15) is 0 Å².